The Labute approximate surface area is 367 Å². The minimum atomic E-state index is -4.71. The molecule has 0 rings (SSSR count). The molecular weight excluding hydrogens is 781 g/mol. The fourth-order valence-corrected chi connectivity index (χ4v) is 8.20. The molecule has 3 unspecified atom stereocenters. The summed E-state index contributed by atoms with van der Waals surface area (Å²) in [6.45, 7) is 2.85. The highest BCUT2D eigenvalue weighted by atomic mass is 31.2. The van der Waals surface area contributed by atoms with Gasteiger partial charge < -0.3 is 25.2 Å². The number of rotatable bonds is 48. The molecule has 356 valence electrons. The summed E-state index contributed by atoms with van der Waals surface area (Å²) in [5.74, 6) is -2.35. The molecule has 0 amide bonds. The molecule has 0 saturated carbocycles. The Kier molecular flexibility index (Phi) is 43.0. The van der Waals surface area contributed by atoms with E-state index < -0.39 is 51.1 Å². The van der Waals surface area contributed by atoms with Gasteiger partial charge in [0.1, 0.15) is 12.6 Å². The molecule has 0 radical (unpaired) electrons. The average Bonchev–Trinajstić information content (AvgIpc) is 3.22. The molecule has 60 heavy (non-hydrogen) atoms. The zero-order valence-electron chi connectivity index (χ0n) is 38.8. The second kappa shape index (κ2) is 44.1. The number of carbonyl (C=O) groups excluding carboxylic acids is 2. The first-order chi connectivity index (χ1) is 29.1. The molecule has 0 aromatic carbocycles. The van der Waals surface area contributed by atoms with Crippen LogP contribution in [0.1, 0.15) is 258 Å². The van der Waals surface area contributed by atoms with Gasteiger partial charge in [-0.25, -0.2) is 4.57 Å². The fourth-order valence-electron chi connectivity index (χ4n) is 7.42. The largest absolute Gasteiger partial charge is 0.480 e. The van der Waals surface area contributed by atoms with Crippen molar-refractivity contribution in [3.05, 3.63) is 0 Å². The summed E-state index contributed by atoms with van der Waals surface area (Å²) in [5.41, 5.74) is 5.35. The molecule has 0 bridgehead atoms. The smallest absolute Gasteiger partial charge is 0.472 e. The topological polar surface area (TPSA) is 172 Å². The Hall–Kier alpha value is -1.52. The van der Waals surface area contributed by atoms with E-state index in [0.717, 1.165) is 38.5 Å². The molecule has 0 saturated heterocycles. The number of unbranched alkanes of at least 4 members (excludes halogenated alkanes) is 34. The second-order valence-corrected chi connectivity index (χ2v) is 18.8. The Morgan fingerprint density at radius 2 is 0.733 bits per heavy atom. The Morgan fingerprint density at radius 3 is 1.05 bits per heavy atom. The van der Waals surface area contributed by atoms with E-state index in [1.54, 1.807) is 0 Å². The third-order valence-corrected chi connectivity index (χ3v) is 12.3. The lowest BCUT2D eigenvalue weighted by Gasteiger charge is -2.20. The highest BCUT2D eigenvalue weighted by molar-refractivity contribution is 7.47. The van der Waals surface area contributed by atoms with Gasteiger partial charge in [0.15, 0.2) is 6.10 Å². The van der Waals surface area contributed by atoms with E-state index in [-0.39, 0.29) is 19.4 Å². The van der Waals surface area contributed by atoms with Gasteiger partial charge in [-0.2, -0.15) is 0 Å². The number of carboxylic acid groups (broad SMARTS) is 1. The number of nitrogens with two attached hydrogens (primary N) is 1. The minimum Gasteiger partial charge on any atom is -0.480 e. The molecular formula is C48H94NO10P. The number of aliphatic carboxylic acids is 1. The van der Waals surface area contributed by atoms with Gasteiger partial charge in [0.05, 0.1) is 13.2 Å². The fraction of sp³-hybridized carbons (Fsp3) is 0.938. The Bertz CT molecular complexity index is 1030. The van der Waals surface area contributed by atoms with Crippen LogP contribution >= 0.6 is 7.82 Å². The summed E-state index contributed by atoms with van der Waals surface area (Å²) in [6, 6.07) is -1.52. The predicted molar refractivity (Wildman–Crippen MR) is 245 cm³/mol. The molecule has 12 heteroatoms. The summed E-state index contributed by atoms with van der Waals surface area (Å²) >= 11 is 0. The Balaban J connectivity index is 4.15. The lowest BCUT2D eigenvalue weighted by atomic mass is 10.0. The van der Waals surface area contributed by atoms with Gasteiger partial charge in [-0.1, -0.05) is 232 Å². The molecule has 0 heterocycles. The molecule has 0 aliphatic carbocycles. The minimum absolute atomic E-state index is 0.170. The third kappa shape index (κ3) is 43.1. The zero-order valence-corrected chi connectivity index (χ0v) is 39.7. The summed E-state index contributed by atoms with van der Waals surface area (Å²) in [5, 5.41) is 8.91. The van der Waals surface area contributed by atoms with Gasteiger partial charge in [-0.3, -0.25) is 23.4 Å². The van der Waals surface area contributed by atoms with E-state index in [1.807, 2.05) is 0 Å². The van der Waals surface area contributed by atoms with Crippen LogP contribution in [0.4, 0.5) is 0 Å². The summed E-state index contributed by atoms with van der Waals surface area (Å²) < 4.78 is 32.8. The normalized spacial score (nSPS) is 13.5. The van der Waals surface area contributed by atoms with Gasteiger partial charge in [-0.15, -0.1) is 0 Å². The number of phosphoric ester groups is 1. The standard InChI is InChI=1S/C48H94NO10P/c1-3-5-7-9-11-13-15-17-18-19-20-21-22-23-24-25-26-28-30-32-34-36-38-40-47(51)59-44(42-57-60(54,55)58-43-45(49)48(52)53)41-56-46(50)39-37-35-33-31-29-27-16-14-12-10-8-6-4-2/h44-45H,3-43,49H2,1-2H3,(H,52,53)(H,54,55). The monoisotopic (exact) mass is 876 g/mol. The first-order valence-electron chi connectivity index (χ1n) is 25.1. The van der Waals surface area contributed by atoms with Crippen molar-refractivity contribution in [1.29, 1.82) is 0 Å². The molecule has 4 N–H and O–H groups in total. The number of carbonyl (C=O) groups is 3. The SMILES string of the molecule is CCCCCCCCCCCCCCCCCCCCCCCCCC(=O)OC(COC(=O)CCCCCCCCCCCCCCC)COP(=O)(O)OCC(N)C(=O)O. The molecule has 0 aliphatic rings. The van der Waals surface area contributed by atoms with Crippen LogP contribution in [0.5, 0.6) is 0 Å². The van der Waals surface area contributed by atoms with Crippen molar-refractivity contribution in [2.75, 3.05) is 19.8 Å². The number of carboxylic acids is 1. The second-order valence-electron chi connectivity index (χ2n) is 17.3. The first kappa shape index (κ1) is 58.5. The maximum absolute atomic E-state index is 12.7. The maximum Gasteiger partial charge on any atom is 0.472 e. The number of phosphoric acid groups is 1. The number of hydrogen-bond donors (Lipinski definition) is 3. The van der Waals surface area contributed by atoms with Gasteiger partial charge in [-0.05, 0) is 12.8 Å². The van der Waals surface area contributed by atoms with Crippen molar-refractivity contribution in [2.45, 2.75) is 270 Å². The molecule has 0 fully saturated rings. The third-order valence-electron chi connectivity index (χ3n) is 11.4. The van der Waals surface area contributed by atoms with Crippen LogP contribution in [0.15, 0.2) is 0 Å². The summed E-state index contributed by atoms with van der Waals surface area (Å²) in [6.07, 6.45) is 44.6. The van der Waals surface area contributed by atoms with Crippen LogP contribution < -0.4 is 5.73 Å². The van der Waals surface area contributed by atoms with E-state index >= 15 is 0 Å². The van der Waals surface area contributed by atoms with Crippen molar-refractivity contribution in [3.8, 4) is 0 Å². The number of ether oxygens (including phenoxy) is 2. The van der Waals surface area contributed by atoms with Gasteiger partial charge in [0.25, 0.3) is 0 Å². The Morgan fingerprint density at radius 1 is 0.450 bits per heavy atom. The van der Waals surface area contributed by atoms with Crippen LogP contribution in [0.2, 0.25) is 0 Å². The van der Waals surface area contributed by atoms with E-state index in [4.69, 9.17) is 24.8 Å². The lowest BCUT2D eigenvalue weighted by Crippen LogP contribution is -2.34. The quantitative estimate of drug-likeness (QED) is 0.0302. The molecule has 0 aromatic rings. The van der Waals surface area contributed by atoms with E-state index in [0.29, 0.717) is 12.8 Å². The zero-order chi connectivity index (χ0) is 44.2. The lowest BCUT2D eigenvalue weighted by molar-refractivity contribution is -0.161. The maximum atomic E-state index is 12.7. The van der Waals surface area contributed by atoms with Crippen molar-refractivity contribution in [1.82, 2.24) is 0 Å². The van der Waals surface area contributed by atoms with E-state index in [9.17, 15) is 23.8 Å². The molecule has 0 aromatic heterocycles. The van der Waals surface area contributed by atoms with Crippen molar-refractivity contribution in [3.63, 3.8) is 0 Å². The average molecular weight is 876 g/mol. The predicted octanol–water partition coefficient (Wildman–Crippen LogP) is 13.9. The van der Waals surface area contributed by atoms with Crippen LogP contribution in [0.3, 0.4) is 0 Å². The van der Waals surface area contributed by atoms with Crippen LogP contribution in [-0.4, -0.2) is 59.9 Å². The van der Waals surface area contributed by atoms with Crippen LogP contribution in [-0.2, 0) is 37.5 Å². The van der Waals surface area contributed by atoms with E-state index in [2.05, 4.69) is 18.4 Å². The summed E-state index contributed by atoms with van der Waals surface area (Å²) in [7, 11) is -4.71. The van der Waals surface area contributed by atoms with Crippen LogP contribution in [0.25, 0.3) is 0 Å². The molecule has 11 nitrogen and oxygen atoms in total. The molecule has 0 spiro atoms. The highest BCUT2D eigenvalue weighted by Crippen LogP contribution is 2.43. The van der Waals surface area contributed by atoms with Crippen molar-refractivity contribution < 1.29 is 47.5 Å². The van der Waals surface area contributed by atoms with Crippen LogP contribution in [0, 0.1) is 0 Å². The summed E-state index contributed by atoms with van der Waals surface area (Å²) in [4.78, 5) is 46.1. The van der Waals surface area contributed by atoms with Gasteiger partial charge >= 0.3 is 25.7 Å². The first-order valence-corrected chi connectivity index (χ1v) is 26.6. The van der Waals surface area contributed by atoms with Crippen molar-refractivity contribution >= 4 is 25.7 Å². The van der Waals surface area contributed by atoms with Gasteiger partial charge in [0.2, 0.25) is 0 Å². The van der Waals surface area contributed by atoms with E-state index in [1.165, 1.54) is 180 Å². The van der Waals surface area contributed by atoms with Crippen molar-refractivity contribution in [2.24, 2.45) is 5.73 Å². The molecule has 0 aliphatic heterocycles. The molecule has 3 atom stereocenters. The number of hydrogen-bond acceptors (Lipinski definition) is 9. The highest BCUT2D eigenvalue weighted by Gasteiger charge is 2.28. The number of esters is 2. The van der Waals surface area contributed by atoms with Gasteiger partial charge in [0, 0.05) is 12.8 Å².